The van der Waals surface area contributed by atoms with E-state index in [1.165, 1.54) is 0 Å². The fourth-order valence-electron chi connectivity index (χ4n) is 1.92. The Balaban J connectivity index is 2.28. The largest absolute Gasteiger partial charge is 0.481 e. The van der Waals surface area contributed by atoms with Crippen LogP contribution in [-0.2, 0) is 4.79 Å². The normalized spacial score (nSPS) is 12.1. The zero-order valence-corrected chi connectivity index (χ0v) is 10.2. The highest BCUT2D eigenvalue weighted by molar-refractivity contribution is 5.68. The summed E-state index contributed by atoms with van der Waals surface area (Å²) >= 11 is 0. The molecule has 1 atom stereocenters. The van der Waals surface area contributed by atoms with E-state index in [-0.39, 0.29) is 12.3 Å². The lowest BCUT2D eigenvalue weighted by Crippen LogP contribution is -2.02. The summed E-state index contributed by atoms with van der Waals surface area (Å²) in [7, 11) is 0. The standard InChI is InChI=1S/C15H15NO2/c1-11(9-15(17)18)12-5-4-6-13(10-12)14-7-2-3-8-16-14/h2-8,10-11H,9H2,1H3,(H,17,18). The Morgan fingerprint density at radius 3 is 2.78 bits per heavy atom. The molecule has 1 aromatic heterocycles. The van der Waals surface area contributed by atoms with Crippen LogP contribution in [0.25, 0.3) is 11.3 Å². The van der Waals surface area contributed by atoms with Gasteiger partial charge in [0.05, 0.1) is 12.1 Å². The maximum Gasteiger partial charge on any atom is 0.303 e. The van der Waals surface area contributed by atoms with Gasteiger partial charge in [-0.15, -0.1) is 0 Å². The highest BCUT2D eigenvalue weighted by atomic mass is 16.4. The van der Waals surface area contributed by atoms with Gasteiger partial charge in [0, 0.05) is 11.8 Å². The van der Waals surface area contributed by atoms with Gasteiger partial charge >= 0.3 is 5.97 Å². The number of rotatable bonds is 4. The number of aromatic nitrogens is 1. The molecule has 0 bridgehead atoms. The molecule has 0 aliphatic carbocycles. The molecule has 1 N–H and O–H groups in total. The number of carboxylic acid groups (broad SMARTS) is 1. The van der Waals surface area contributed by atoms with Crippen molar-refractivity contribution in [1.82, 2.24) is 4.98 Å². The lowest BCUT2D eigenvalue weighted by Gasteiger charge is -2.10. The zero-order valence-electron chi connectivity index (χ0n) is 10.2. The lowest BCUT2D eigenvalue weighted by atomic mass is 9.95. The van der Waals surface area contributed by atoms with Crippen LogP contribution in [0.1, 0.15) is 24.8 Å². The van der Waals surface area contributed by atoms with Gasteiger partial charge in [-0.1, -0.05) is 31.2 Å². The van der Waals surface area contributed by atoms with Crippen molar-refractivity contribution < 1.29 is 9.90 Å². The molecule has 0 aliphatic rings. The third kappa shape index (κ3) is 2.94. The molecule has 0 aliphatic heterocycles. The first-order chi connectivity index (χ1) is 8.66. The number of hydrogen-bond donors (Lipinski definition) is 1. The van der Waals surface area contributed by atoms with E-state index in [2.05, 4.69) is 4.98 Å². The molecule has 1 aromatic carbocycles. The van der Waals surface area contributed by atoms with Gasteiger partial charge in [0.1, 0.15) is 0 Å². The van der Waals surface area contributed by atoms with Gasteiger partial charge in [-0.3, -0.25) is 9.78 Å². The molecule has 2 rings (SSSR count). The number of pyridine rings is 1. The Hall–Kier alpha value is -2.16. The van der Waals surface area contributed by atoms with Crippen LogP contribution in [0.3, 0.4) is 0 Å². The first-order valence-corrected chi connectivity index (χ1v) is 5.90. The minimum atomic E-state index is -0.772. The maximum absolute atomic E-state index is 10.7. The average molecular weight is 241 g/mol. The van der Waals surface area contributed by atoms with Crippen molar-refractivity contribution in [3.8, 4) is 11.3 Å². The molecular formula is C15H15NO2. The van der Waals surface area contributed by atoms with Crippen LogP contribution >= 0.6 is 0 Å². The summed E-state index contributed by atoms with van der Waals surface area (Å²) in [5, 5.41) is 8.82. The van der Waals surface area contributed by atoms with Crippen LogP contribution in [0, 0.1) is 0 Å². The second-order valence-electron chi connectivity index (χ2n) is 4.34. The second-order valence-corrected chi connectivity index (χ2v) is 4.34. The molecule has 1 unspecified atom stereocenters. The molecule has 2 aromatic rings. The van der Waals surface area contributed by atoms with E-state index in [0.717, 1.165) is 16.8 Å². The fraction of sp³-hybridized carbons (Fsp3) is 0.200. The van der Waals surface area contributed by atoms with Crippen molar-refractivity contribution in [2.75, 3.05) is 0 Å². The summed E-state index contributed by atoms with van der Waals surface area (Å²) in [6, 6.07) is 13.7. The zero-order chi connectivity index (χ0) is 13.0. The molecule has 0 spiro atoms. The monoisotopic (exact) mass is 241 g/mol. The van der Waals surface area contributed by atoms with Crippen molar-refractivity contribution in [3.63, 3.8) is 0 Å². The summed E-state index contributed by atoms with van der Waals surface area (Å²) in [6.07, 6.45) is 1.90. The molecule has 92 valence electrons. The molecule has 18 heavy (non-hydrogen) atoms. The molecule has 0 radical (unpaired) electrons. The van der Waals surface area contributed by atoms with Gasteiger partial charge in [0.2, 0.25) is 0 Å². The highest BCUT2D eigenvalue weighted by Gasteiger charge is 2.10. The van der Waals surface area contributed by atoms with Gasteiger partial charge in [0.25, 0.3) is 0 Å². The van der Waals surface area contributed by atoms with Crippen molar-refractivity contribution >= 4 is 5.97 Å². The van der Waals surface area contributed by atoms with Crippen LogP contribution < -0.4 is 0 Å². The van der Waals surface area contributed by atoms with Crippen LogP contribution in [0.15, 0.2) is 48.7 Å². The van der Waals surface area contributed by atoms with Crippen molar-refractivity contribution in [3.05, 3.63) is 54.2 Å². The number of nitrogens with zero attached hydrogens (tertiary/aromatic N) is 1. The number of hydrogen-bond acceptors (Lipinski definition) is 2. The predicted molar refractivity (Wildman–Crippen MR) is 70.3 cm³/mol. The van der Waals surface area contributed by atoms with Gasteiger partial charge in [-0.25, -0.2) is 0 Å². The molecular weight excluding hydrogens is 226 g/mol. The highest BCUT2D eigenvalue weighted by Crippen LogP contribution is 2.24. The van der Waals surface area contributed by atoms with Crippen LogP contribution in [0.4, 0.5) is 0 Å². The summed E-state index contributed by atoms with van der Waals surface area (Å²) in [5.41, 5.74) is 2.95. The topological polar surface area (TPSA) is 50.2 Å². The van der Waals surface area contributed by atoms with E-state index in [1.54, 1.807) is 6.20 Å². The quantitative estimate of drug-likeness (QED) is 0.893. The summed E-state index contributed by atoms with van der Waals surface area (Å²) < 4.78 is 0. The van der Waals surface area contributed by atoms with Gasteiger partial charge in [-0.2, -0.15) is 0 Å². The van der Waals surface area contributed by atoms with Crippen LogP contribution in [0.5, 0.6) is 0 Å². The van der Waals surface area contributed by atoms with E-state index < -0.39 is 5.97 Å². The average Bonchev–Trinajstić information content (AvgIpc) is 2.39. The van der Waals surface area contributed by atoms with Crippen molar-refractivity contribution in [1.29, 1.82) is 0 Å². The summed E-state index contributed by atoms with van der Waals surface area (Å²) in [5.74, 6) is -0.767. The Morgan fingerprint density at radius 1 is 1.28 bits per heavy atom. The summed E-state index contributed by atoms with van der Waals surface area (Å²) in [6.45, 7) is 1.92. The van der Waals surface area contributed by atoms with E-state index in [1.807, 2.05) is 49.4 Å². The molecule has 0 saturated carbocycles. The third-order valence-corrected chi connectivity index (χ3v) is 2.90. The lowest BCUT2D eigenvalue weighted by molar-refractivity contribution is -0.137. The van der Waals surface area contributed by atoms with E-state index in [4.69, 9.17) is 5.11 Å². The van der Waals surface area contributed by atoms with E-state index >= 15 is 0 Å². The number of aliphatic carboxylic acids is 1. The van der Waals surface area contributed by atoms with E-state index in [9.17, 15) is 4.79 Å². The predicted octanol–water partition coefficient (Wildman–Crippen LogP) is 3.33. The minimum absolute atomic E-state index is 0.00571. The Labute approximate surface area is 106 Å². The number of carbonyl (C=O) groups is 1. The van der Waals surface area contributed by atoms with Gasteiger partial charge < -0.3 is 5.11 Å². The Bertz CT molecular complexity index is 537. The second kappa shape index (κ2) is 5.45. The number of carboxylic acids is 1. The Morgan fingerprint density at radius 2 is 2.11 bits per heavy atom. The fourth-order valence-corrected chi connectivity index (χ4v) is 1.92. The molecule has 0 amide bonds. The molecule has 3 nitrogen and oxygen atoms in total. The van der Waals surface area contributed by atoms with Crippen molar-refractivity contribution in [2.24, 2.45) is 0 Å². The third-order valence-electron chi connectivity index (χ3n) is 2.90. The van der Waals surface area contributed by atoms with Crippen molar-refractivity contribution in [2.45, 2.75) is 19.3 Å². The molecule has 0 saturated heterocycles. The summed E-state index contributed by atoms with van der Waals surface area (Å²) in [4.78, 5) is 15.0. The number of benzene rings is 1. The van der Waals surface area contributed by atoms with Gasteiger partial charge in [-0.05, 0) is 29.7 Å². The first kappa shape index (κ1) is 12.3. The molecule has 3 heteroatoms. The molecule has 1 heterocycles. The van der Waals surface area contributed by atoms with Gasteiger partial charge in [0.15, 0.2) is 0 Å². The smallest absolute Gasteiger partial charge is 0.303 e. The Kier molecular flexibility index (Phi) is 3.72. The van der Waals surface area contributed by atoms with Crippen LogP contribution in [-0.4, -0.2) is 16.1 Å². The van der Waals surface area contributed by atoms with E-state index in [0.29, 0.717) is 0 Å². The van der Waals surface area contributed by atoms with Crippen LogP contribution in [0.2, 0.25) is 0 Å². The first-order valence-electron chi connectivity index (χ1n) is 5.90. The SMILES string of the molecule is CC(CC(=O)O)c1cccc(-c2ccccn2)c1. The molecule has 0 fully saturated rings. The minimum Gasteiger partial charge on any atom is -0.481 e. The maximum atomic E-state index is 10.7.